The number of likely N-dealkylation sites (tertiary alicyclic amines) is 1. The van der Waals surface area contributed by atoms with Gasteiger partial charge in [-0.1, -0.05) is 19.1 Å². The Morgan fingerprint density at radius 2 is 2.09 bits per heavy atom. The highest BCUT2D eigenvalue weighted by Crippen LogP contribution is 2.35. The first-order valence-corrected chi connectivity index (χ1v) is 8.01. The minimum atomic E-state index is -0.352. The summed E-state index contributed by atoms with van der Waals surface area (Å²) in [7, 11) is 0. The summed E-state index contributed by atoms with van der Waals surface area (Å²) in [4.78, 5) is 14.9. The number of nitrogens with one attached hydrogen (secondary N) is 1. The molecule has 1 aromatic carbocycles. The smallest absolute Gasteiger partial charge is 0.242 e. The van der Waals surface area contributed by atoms with Crippen LogP contribution in [0.2, 0.25) is 0 Å². The predicted octanol–water partition coefficient (Wildman–Crippen LogP) is 2.24. The van der Waals surface area contributed by atoms with E-state index in [1.165, 1.54) is 12.1 Å². The zero-order chi connectivity index (χ0) is 15.7. The van der Waals surface area contributed by atoms with Gasteiger partial charge in [0, 0.05) is 12.6 Å². The van der Waals surface area contributed by atoms with Gasteiger partial charge in [0.15, 0.2) is 0 Å². The normalized spacial score (nSPS) is 25.7. The molecule has 0 spiro atoms. The Hall–Kier alpha value is -1.17. The maximum atomic E-state index is 13.2. The van der Waals surface area contributed by atoms with Gasteiger partial charge < -0.3 is 11.1 Å². The van der Waals surface area contributed by atoms with E-state index >= 15 is 0 Å². The summed E-state index contributed by atoms with van der Waals surface area (Å²) in [6.45, 7) is 4.41. The van der Waals surface area contributed by atoms with E-state index in [1.807, 2.05) is 0 Å². The predicted molar refractivity (Wildman–Crippen MR) is 90.9 cm³/mol. The molecular formula is C17H25ClFN3O. The number of halogens is 2. The second-order valence-electron chi connectivity index (χ2n) is 6.97. The number of nitrogens with zero attached hydrogens (tertiary/aromatic N) is 1. The van der Waals surface area contributed by atoms with Crippen molar-refractivity contribution in [3.8, 4) is 0 Å². The number of hydrogen-bond donors (Lipinski definition) is 2. The van der Waals surface area contributed by atoms with Crippen LogP contribution in [-0.2, 0) is 4.79 Å². The van der Waals surface area contributed by atoms with Gasteiger partial charge in [-0.3, -0.25) is 9.69 Å². The monoisotopic (exact) mass is 341 g/mol. The van der Waals surface area contributed by atoms with Crippen LogP contribution in [0.15, 0.2) is 24.3 Å². The summed E-state index contributed by atoms with van der Waals surface area (Å²) >= 11 is 0. The molecule has 0 radical (unpaired) electrons. The fraction of sp³-hybridized carbons (Fsp3) is 0.588. The van der Waals surface area contributed by atoms with Crippen LogP contribution in [0.3, 0.4) is 0 Å². The Labute approximate surface area is 143 Å². The number of carbonyl (C=O) groups excluding carboxylic acids is 1. The summed E-state index contributed by atoms with van der Waals surface area (Å²) in [6, 6.07) is 6.24. The molecule has 4 nitrogen and oxygen atoms in total. The van der Waals surface area contributed by atoms with Crippen LogP contribution in [0.1, 0.15) is 37.8 Å². The number of amides is 1. The van der Waals surface area contributed by atoms with Crippen LogP contribution in [0, 0.1) is 11.2 Å². The van der Waals surface area contributed by atoms with Crippen molar-refractivity contribution in [2.75, 3.05) is 19.6 Å². The Morgan fingerprint density at radius 3 is 2.61 bits per heavy atom. The summed E-state index contributed by atoms with van der Waals surface area (Å²) in [5.41, 5.74) is 6.78. The largest absolute Gasteiger partial charge is 0.352 e. The van der Waals surface area contributed by atoms with Crippen molar-refractivity contribution in [2.45, 2.75) is 38.3 Å². The molecule has 128 valence electrons. The van der Waals surface area contributed by atoms with Crippen molar-refractivity contribution in [3.63, 3.8) is 0 Å². The van der Waals surface area contributed by atoms with E-state index in [-0.39, 0.29) is 35.6 Å². The first-order valence-electron chi connectivity index (χ1n) is 8.01. The zero-order valence-electron chi connectivity index (χ0n) is 13.4. The first kappa shape index (κ1) is 18.2. The maximum absolute atomic E-state index is 13.2. The minimum Gasteiger partial charge on any atom is -0.352 e. The fourth-order valence-corrected chi connectivity index (χ4v) is 3.13. The van der Waals surface area contributed by atoms with Gasteiger partial charge in [-0.05, 0) is 55.5 Å². The van der Waals surface area contributed by atoms with Crippen LogP contribution in [0.5, 0.6) is 0 Å². The van der Waals surface area contributed by atoms with E-state index in [4.69, 9.17) is 5.73 Å². The molecule has 1 aliphatic heterocycles. The van der Waals surface area contributed by atoms with Crippen molar-refractivity contribution < 1.29 is 9.18 Å². The molecule has 2 aliphatic rings. The number of carbonyl (C=O) groups is 1. The van der Waals surface area contributed by atoms with Gasteiger partial charge in [0.05, 0.1) is 0 Å². The first-order chi connectivity index (χ1) is 10.5. The Kier molecular flexibility index (Phi) is 5.65. The van der Waals surface area contributed by atoms with Gasteiger partial charge >= 0.3 is 0 Å². The van der Waals surface area contributed by atoms with E-state index in [2.05, 4.69) is 17.1 Å². The number of rotatable bonds is 5. The van der Waals surface area contributed by atoms with Crippen molar-refractivity contribution in [1.82, 2.24) is 10.2 Å². The third-order valence-electron chi connectivity index (χ3n) is 4.80. The van der Waals surface area contributed by atoms with Crippen molar-refractivity contribution >= 4 is 18.3 Å². The molecule has 1 saturated carbocycles. The second kappa shape index (κ2) is 7.16. The van der Waals surface area contributed by atoms with Crippen molar-refractivity contribution in [3.05, 3.63) is 35.6 Å². The highest BCUT2D eigenvalue weighted by Gasteiger charge is 2.40. The fourth-order valence-electron chi connectivity index (χ4n) is 3.13. The molecule has 1 amide bonds. The standard InChI is InChI=1S/C17H24FN3O.ClH/c1-17(10-19)8-9-21(11-17)15(16(22)20-14-6-7-14)12-2-4-13(18)5-3-12;/h2-5,14-15H,6-11,19H2,1H3,(H,20,22);1H. The van der Waals surface area contributed by atoms with Crippen LogP contribution in [-0.4, -0.2) is 36.5 Å². The Bertz CT molecular complexity index is 549. The molecule has 23 heavy (non-hydrogen) atoms. The zero-order valence-corrected chi connectivity index (χ0v) is 14.2. The van der Waals surface area contributed by atoms with E-state index in [0.29, 0.717) is 12.6 Å². The number of nitrogens with two attached hydrogens (primary N) is 1. The molecule has 2 fully saturated rings. The molecule has 2 unspecified atom stereocenters. The average molecular weight is 342 g/mol. The molecule has 1 aliphatic carbocycles. The lowest BCUT2D eigenvalue weighted by Gasteiger charge is -2.29. The van der Waals surface area contributed by atoms with E-state index in [1.54, 1.807) is 12.1 Å². The Balaban J connectivity index is 0.00000192. The van der Waals surface area contributed by atoms with Gasteiger partial charge in [-0.25, -0.2) is 4.39 Å². The highest BCUT2D eigenvalue weighted by molar-refractivity contribution is 5.85. The van der Waals surface area contributed by atoms with E-state index in [0.717, 1.165) is 37.9 Å². The number of hydrogen-bond acceptors (Lipinski definition) is 3. The molecule has 2 atom stereocenters. The van der Waals surface area contributed by atoms with Crippen molar-refractivity contribution in [1.29, 1.82) is 0 Å². The third kappa shape index (κ3) is 4.22. The van der Waals surface area contributed by atoms with Gasteiger partial charge in [0.25, 0.3) is 0 Å². The van der Waals surface area contributed by atoms with E-state index < -0.39 is 0 Å². The molecule has 1 saturated heterocycles. The molecule has 1 aromatic rings. The lowest BCUT2D eigenvalue weighted by Crippen LogP contribution is -2.42. The summed E-state index contributed by atoms with van der Waals surface area (Å²) in [6.07, 6.45) is 3.10. The highest BCUT2D eigenvalue weighted by atomic mass is 35.5. The summed E-state index contributed by atoms with van der Waals surface area (Å²) in [5.74, 6) is -0.256. The molecule has 6 heteroatoms. The van der Waals surface area contributed by atoms with Gasteiger partial charge in [0.1, 0.15) is 11.9 Å². The van der Waals surface area contributed by atoms with Gasteiger partial charge in [-0.15, -0.1) is 12.4 Å². The minimum absolute atomic E-state index is 0. The summed E-state index contributed by atoms with van der Waals surface area (Å²) < 4.78 is 13.2. The molecule has 1 heterocycles. The van der Waals surface area contributed by atoms with Crippen LogP contribution in [0.4, 0.5) is 4.39 Å². The SMILES string of the molecule is CC1(CN)CCN(C(C(=O)NC2CC2)c2ccc(F)cc2)C1.Cl. The van der Waals surface area contributed by atoms with Gasteiger partial charge in [0.2, 0.25) is 5.91 Å². The van der Waals surface area contributed by atoms with Crippen LogP contribution < -0.4 is 11.1 Å². The van der Waals surface area contributed by atoms with Crippen molar-refractivity contribution in [2.24, 2.45) is 11.1 Å². The van der Waals surface area contributed by atoms with Gasteiger partial charge in [-0.2, -0.15) is 0 Å². The van der Waals surface area contributed by atoms with E-state index in [9.17, 15) is 9.18 Å². The Morgan fingerprint density at radius 1 is 1.43 bits per heavy atom. The molecule has 3 N–H and O–H groups in total. The third-order valence-corrected chi connectivity index (χ3v) is 4.80. The maximum Gasteiger partial charge on any atom is 0.242 e. The second-order valence-corrected chi connectivity index (χ2v) is 6.97. The quantitative estimate of drug-likeness (QED) is 0.863. The average Bonchev–Trinajstić information content (AvgIpc) is 3.23. The molecule has 0 bridgehead atoms. The number of benzene rings is 1. The molecule has 3 rings (SSSR count). The lowest BCUT2D eigenvalue weighted by molar-refractivity contribution is -0.126. The topological polar surface area (TPSA) is 58.4 Å². The lowest BCUT2D eigenvalue weighted by atomic mass is 9.90. The molecular weight excluding hydrogens is 317 g/mol. The molecule has 0 aromatic heterocycles. The summed E-state index contributed by atoms with van der Waals surface area (Å²) in [5, 5.41) is 3.08. The van der Waals surface area contributed by atoms with Crippen LogP contribution in [0.25, 0.3) is 0 Å². The van der Waals surface area contributed by atoms with Crippen LogP contribution >= 0.6 is 12.4 Å².